The number of morpholine rings is 1. The molecule has 0 bridgehead atoms. The number of hydrogen-bond donors (Lipinski definition) is 0. The van der Waals surface area contributed by atoms with E-state index in [0.717, 1.165) is 58.2 Å². The van der Waals surface area contributed by atoms with Crippen molar-refractivity contribution in [3.63, 3.8) is 0 Å². The summed E-state index contributed by atoms with van der Waals surface area (Å²) in [7, 11) is 0. The highest BCUT2D eigenvalue weighted by atomic mass is 16.5. The highest BCUT2D eigenvalue weighted by Crippen LogP contribution is 2.44. The van der Waals surface area contributed by atoms with E-state index < -0.39 is 0 Å². The van der Waals surface area contributed by atoms with Crippen molar-refractivity contribution in [1.82, 2.24) is 14.8 Å². The Balaban J connectivity index is 1.29. The molecule has 2 aromatic rings. The molecule has 1 aromatic carbocycles. The van der Waals surface area contributed by atoms with Gasteiger partial charge in [0.1, 0.15) is 5.75 Å². The van der Waals surface area contributed by atoms with Crippen LogP contribution in [0.25, 0.3) is 0 Å². The molecular formula is C24H31N3O2. The van der Waals surface area contributed by atoms with Gasteiger partial charge in [0, 0.05) is 50.0 Å². The van der Waals surface area contributed by atoms with Gasteiger partial charge in [0.2, 0.25) is 0 Å². The van der Waals surface area contributed by atoms with Crippen molar-refractivity contribution in [2.24, 2.45) is 0 Å². The maximum Gasteiger partial charge on any atom is 0.119 e. The summed E-state index contributed by atoms with van der Waals surface area (Å²) in [4.78, 5) is 9.78. The summed E-state index contributed by atoms with van der Waals surface area (Å²) in [5, 5.41) is 0. The van der Waals surface area contributed by atoms with E-state index in [0.29, 0.717) is 12.0 Å². The lowest BCUT2D eigenvalue weighted by Crippen LogP contribution is -2.37. The predicted molar refractivity (Wildman–Crippen MR) is 113 cm³/mol. The van der Waals surface area contributed by atoms with Crippen molar-refractivity contribution < 1.29 is 9.47 Å². The van der Waals surface area contributed by atoms with Crippen molar-refractivity contribution >= 4 is 0 Å². The number of aromatic nitrogens is 1. The van der Waals surface area contributed by atoms with Crippen LogP contribution in [-0.4, -0.2) is 67.3 Å². The number of nitrogens with zero attached hydrogens (tertiary/aromatic N) is 3. The monoisotopic (exact) mass is 393 g/mol. The zero-order valence-corrected chi connectivity index (χ0v) is 17.1. The molecule has 4 heterocycles. The average molecular weight is 394 g/mol. The van der Waals surface area contributed by atoms with Crippen molar-refractivity contribution in [2.45, 2.75) is 31.2 Å². The zero-order valence-electron chi connectivity index (χ0n) is 17.1. The van der Waals surface area contributed by atoms with E-state index in [1.165, 1.54) is 36.2 Å². The van der Waals surface area contributed by atoms with Crippen LogP contribution in [0.5, 0.6) is 5.75 Å². The van der Waals surface area contributed by atoms with E-state index in [1.807, 2.05) is 12.3 Å². The molecule has 5 nitrogen and oxygen atoms in total. The number of hydrogen-bond acceptors (Lipinski definition) is 5. The van der Waals surface area contributed by atoms with Gasteiger partial charge in [0.15, 0.2) is 0 Å². The summed E-state index contributed by atoms with van der Waals surface area (Å²) in [6, 6.07) is 13.6. The molecule has 5 rings (SSSR count). The van der Waals surface area contributed by atoms with Crippen LogP contribution < -0.4 is 4.74 Å². The van der Waals surface area contributed by atoms with Crippen molar-refractivity contribution in [3.05, 3.63) is 59.4 Å². The van der Waals surface area contributed by atoms with Crippen LogP contribution in [0.4, 0.5) is 0 Å². The molecule has 29 heavy (non-hydrogen) atoms. The number of benzene rings is 1. The molecule has 1 aromatic heterocycles. The molecule has 0 unspecified atom stereocenters. The second kappa shape index (κ2) is 8.82. The lowest BCUT2D eigenvalue weighted by molar-refractivity contribution is 0.0358. The first-order valence-corrected chi connectivity index (χ1v) is 11.1. The van der Waals surface area contributed by atoms with Gasteiger partial charge in [-0.3, -0.25) is 14.8 Å². The Hall–Kier alpha value is -1.95. The topological polar surface area (TPSA) is 37.8 Å². The maximum atomic E-state index is 6.16. The molecule has 2 saturated heterocycles. The van der Waals surface area contributed by atoms with Crippen LogP contribution in [0.2, 0.25) is 0 Å². The Morgan fingerprint density at radius 1 is 1.07 bits per heavy atom. The van der Waals surface area contributed by atoms with Crippen LogP contribution >= 0.6 is 0 Å². The van der Waals surface area contributed by atoms with Gasteiger partial charge in [0.25, 0.3) is 0 Å². The molecule has 154 valence electrons. The van der Waals surface area contributed by atoms with E-state index in [1.54, 1.807) is 0 Å². The molecule has 3 aliphatic heterocycles. The molecule has 0 N–H and O–H groups in total. The second-order valence-corrected chi connectivity index (χ2v) is 8.41. The summed E-state index contributed by atoms with van der Waals surface area (Å²) in [5.41, 5.74) is 4.07. The molecular weight excluding hydrogens is 362 g/mol. The molecule has 3 aliphatic rings. The standard InChI is InChI=1S/C24H31N3O2/c1-2-9-25-23(5-1)22-18-27-11-3-6-24(27)21-17-19(7-8-20(21)22)29-14-4-10-26-12-15-28-16-13-26/h1-2,5,7-9,17,22,24H,3-4,6,10-16,18H2/t22-,24-/m0/s1. The van der Waals surface area contributed by atoms with Gasteiger partial charge in [-0.05, 0) is 61.2 Å². The fraction of sp³-hybridized carbons (Fsp3) is 0.542. The maximum absolute atomic E-state index is 6.16. The van der Waals surface area contributed by atoms with E-state index in [4.69, 9.17) is 9.47 Å². The van der Waals surface area contributed by atoms with Gasteiger partial charge in [-0.25, -0.2) is 0 Å². The normalized spacial score (nSPS) is 24.8. The number of fused-ring (bicyclic) bond motifs is 3. The Bertz CT molecular complexity index is 807. The molecule has 2 fully saturated rings. The summed E-state index contributed by atoms with van der Waals surface area (Å²) in [5.74, 6) is 1.37. The zero-order chi connectivity index (χ0) is 19.5. The first kappa shape index (κ1) is 19.0. The van der Waals surface area contributed by atoms with Crippen LogP contribution in [0.3, 0.4) is 0 Å². The van der Waals surface area contributed by atoms with Crippen LogP contribution in [-0.2, 0) is 4.74 Å². The van der Waals surface area contributed by atoms with Crippen molar-refractivity contribution in [2.75, 3.05) is 52.5 Å². The molecule has 0 spiro atoms. The van der Waals surface area contributed by atoms with Gasteiger partial charge >= 0.3 is 0 Å². The van der Waals surface area contributed by atoms with Crippen molar-refractivity contribution in [1.29, 1.82) is 0 Å². The van der Waals surface area contributed by atoms with Crippen LogP contribution in [0, 0.1) is 0 Å². The minimum atomic E-state index is 0.357. The molecule has 0 amide bonds. The molecule has 5 heteroatoms. The fourth-order valence-corrected chi connectivity index (χ4v) is 5.12. The third kappa shape index (κ3) is 4.18. The lowest BCUT2D eigenvalue weighted by atomic mass is 9.83. The number of pyridine rings is 1. The highest BCUT2D eigenvalue weighted by Gasteiger charge is 2.37. The predicted octanol–water partition coefficient (Wildman–Crippen LogP) is 3.47. The fourth-order valence-electron chi connectivity index (χ4n) is 5.12. The van der Waals surface area contributed by atoms with E-state index in [2.05, 4.69) is 45.1 Å². The molecule has 0 aliphatic carbocycles. The summed E-state index contributed by atoms with van der Waals surface area (Å²) >= 11 is 0. The van der Waals surface area contributed by atoms with Gasteiger partial charge in [-0.1, -0.05) is 12.1 Å². The summed E-state index contributed by atoms with van der Waals surface area (Å²) in [6.45, 7) is 7.95. The number of ether oxygens (including phenoxy) is 2. The third-order valence-electron chi connectivity index (χ3n) is 6.61. The Kier molecular flexibility index (Phi) is 5.79. The average Bonchev–Trinajstić information content (AvgIpc) is 3.26. The van der Waals surface area contributed by atoms with Gasteiger partial charge in [-0.2, -0.15) is 0 Å². The molecule has 0 radical (unpaired) electrons. The molecule has 2 atom stereocenters. The first-order valence-electron chi connectivity index (χ1n) is 11.1. The second-order valence-electron chi connectivity index (χ2n) is 8.41. The van der Waals surface area contributed by atoms with Gasteiger partial charge in [0.05, 0.1) is 19.8 Å². The first-order chi connectivity index (χ1) is 14.4. The van der Waals surface area contributed by atoms with Crippen LogP contribution in [0.1, 0.15) is 48.0 Å². The Morgan fingerprint density at radius 2 is 2.00 bits per heavy atom. The van der Waals surface area contributed by atoms with E-state index >= 15 is 0 Å². The Labute approximate surface area is 173 Å². The smallest absolute Gasteiger partial charge is 0.119 e. The summed E-state index contributed by atoms with van der Waals surface area (Å²) in [6.07, 6.45) is 5.51. The minimum absolute atomic E-state index is 0.357. The third-order valence-corrected chi connectivity index (χ3v) is 6.61. The van der Waals surface area contributed by atoms with E-state index in [-0.39, 0.29) is 0 Å². The SMILES string of the molecule is c1ccc([C@H]2CN3CCC[C@H]3c3cc(OCCCN4CCOCC4)ccc32)nc1. The lowest BCUT2D eigenvalue weighted by Gasteiger charge is -2.37. The minimum Gasteiger partial charge on any atom is -0.494 e. The Morgan fingerprint density at radius 3 is 2.86 bits per heavy atom. The van der Waals surface area contributed by atoms with Gasteiger partial charge < -0.3 is 9.47 Å². The van der Waals surface area contributed by atoms with Gasteiger partial charge in [-0.15, -0.1) is 0 Å². The number of rotatable bonds is 6. The highest BCUT2D eigenvalue weighted by molar-refractivity contribution is 5.45. The van der Waals surface area contributed by atoms with E-state index in [9.17, 15) is 0 Å². The van der Waals surface area contributed by atoms with Crippen molar-refractivity contribution in [3.8, 4) is 5.75 Å². The van der Waals surface area contributed by atoms with Crippen LogP contribution in [0.15, 0.2) is 42.6 Å². The quantitative estimate of drug-likeness (QED) is 0.703. The largest absolute Gasteiger partial charge is 0.494 e. The summed E-state index contributed by atoms with van der Waals surface area (Å²) < 4.78 is 11.6. The molecule has 0 saturated carbocycles.